The highest BCUT2D eigenvalue weighted by molar-refractivity contribution is 5.77. The molecule has 86 valence electrons. The van der Waals surface area contributed by atoms with Crippen LogP contribution in [0.15, 0.2) is 28.9 Å². The van der Waals surface area contributed by atoms with Crippen LogP contribution in [-0.2, 0) is 6.42 Å². The van der Waals surface area contributed by atoms with Gasteiger partial charge in [-0.15, -0.1) is 0 Å². The number of furan rings is 1. The average molecular weight is 221 g/mol. The highest BCUT2D eigenvalue weighted by Crippen LogP contribution is 2.21. The Morgan fingerprint density at radius 3 is 3.00 bits per heavy atom. The van der Waals surface area contributed by atoms with E-state index in [9.17, 15) is 4.39 Å². The van der Waals surface area contributed by atoms with Crippen LogP contribution in [0, 0.1) is 5.82 Å². The highest BCUT2D eigenvalue weighted by Gasteiger charge is 2.09. The molecule has 1 aromatic heterocycles. The first-order valence-corrected chi connectivity index (χ1v) is 5.59. The van der Waals surface area contributed by atoms with Crippen molar-refractivity contribution in [3.8, 4) is 0 Å². The van der Waals surface area contributed by atoms with Crippen molar-refractivity contribution in [1.82, 2.24) is 5.32 Å². The number of hydrogen-bond donors (Lipinski definition) is 1. The molecule has 0 aliphatic heterocycles. The Morgan fingerprint density at radius 2 is 2.25 bits per heavy atom. The van der Waals surface area contributed by atoms with Crippen molar-refractivity contribution in [3.05, 3.63) is 35.8 Å². The summed E-state index contributed by atoms with van der Waals surface area (Å²) in [4.78, 5) is 0. The molecule has 16 heavy (non-hydrogen) atoms. The van der Waals surface area contributed by atoms with E-state index in [0.29, 0.717) is 12.0 Å². The standard InChI is InChI=1S/C13H16FNO/c1-3-15-9(2)6-11-7-10-4-5-16-13(10)8-12(11)14/h4-5,7-9,15H,3,6H2,1-2H3. The van der Waals surface area contributed by atoms with Crippen molar-refractivity contribution in [2.45, 2.75) is 26.3 Å². The first-order chi connectivity index (χ1) is 7.70. The Morgan fingerprint density at radius 1 is 1.44 bits per heavy atom. The zero-order valence-electron chi connectivity index (χ0n) is 9.59. The van der Waals surface area contributed by atoms with Crippen LogP contribution in [0.1, 0.15) is 19.4 Å². The second-order valence-corrected chi connectivity index (χ2v) is 4.06. The largest absolute Gasteiger partial charge is 0.464 e. The third-order valence-corrected chi connectivity index (χ3v) is 2.70. The van der Waals surface area contributed by atoms with Crippen molar-refractivity contribution in [2.75, 3.05) is 6.54 Å². The Bertz CT molecular complexity index is 478. The van der Waals surface area contributed by atoms with Gasteiger partial charge in [0, 0.05) is 17.5 Å². The molecule has 0 saturated carbocycles. The van der Waals surface area contributed by atoms with E-state index in [1.54, 1.807) is 6.26 Å². The molecule has 3 heteroatoms. The molecule has 2 rings (SSSR count). The molecule has 1 N–H and O–H groups in total. The smallest absolute Gasteiger partial charge is 0.136 e. The molecule has 2 nitrogen and oxygen atoms in total. The van der Waals surface area contributed by atoms with Crippen LogP contribution in [0.5, 0.6) is 0 Å². The summed E-state index contributed by atoms with van der Waals surface area (Å²) in [5.41, 5.74) is 1.35. The molecule has 0 spiro atoms. The minimum atomic E-state index is -0.188. The Labute approximate surface area is 94.4 Å². The van der Waals surface area contributed by atoms with Crippen LogP contribution in [0.4, 0.5) is 4.39 Å². The summed E-state index contributed by atoms with van der Waals surface area (Å²) in [7, 11) is 0. The number of rotatable bonds is 4. The van der Waals surface area contributed by atoms with E-state index in [2.05, 4.69) is 12.2 Å². The van der Waals surface area contributed by atoms with E-state index in [1.165, 1.54) is 6.07 Å². The second-order valence-electron chi connectivity index (χ2n) is 4.06. The molecule has 0 radical (unpaired) electrons. The molecule has 1 aromatic carbocycles. The Kier molecular flexibility index (Phi) is 3.25. The molecule has 0 bridgehead atoms. The molecule has 2 aromatic rings. The van der Waals surface area contributed by atoms with Gasteiger partial charge < -0.3 is 9.73 Å². The quantitative estimate of drug-likeness (QED) is 0.858. The van der Waals surface area contributed by atoms with Gasteiger partial charge in [-0.2, -0.15) is 0 Å². The fourth-order valence-electron chi connectivity index (χ4n) is 1.94. The van der Waals surface area contributed by atoms with Crippen molar-refractivity contribution in [2.24, 2.45) is 0 Å². The van der Waals surface area contributed by atoms with Gasteiger partial charge in [-0.3, -0.25) is 0 Å². The molecule has 0 fully saturated rings. The van der Waals surface area contributed by atoms with Crippen LogP contribution in [-0.4, -0.2) is 12.6 Å². The molecule has 1 atom stereocenters. The lowest BCUT2D eigenvalue weighted by atomic mass is 10.0. The lowest BCUT2D eigenvalue weighted by Gasteiger charge is -2.12. The van der Waals surface area contributed by atoms with Gasteiger partial charge in [-0.1, -0.05) is 6.92 Å². The number of fused-ring (bicyclic) bond motifs is 1. The van der Waals surface area contributed by atoms with Gasteiger partial charge in [-0.25, -0.2) is 4.39 Å². The SMILES string of the molecule is CCNC(C)Cc1cc2ccoc2cc1F. The molecule has 0 aliphatic rings. The minimum absolute atomic E-state index is 0.188. The zero-order valence-corrected chi connectivity index (χ0v) is 9.59. The molecular weight excluding hydrogens is 205 g/mol. The van der Waals surface area contributed by atoms with Gasteiger partial charge in [0.15, 0.2) is 0 Å². The maximum atomic E-state index is 13.7. The third-order valence-electron chi connectivity index (χ3n) is 2.70. The van der Waals surface area contributed by atoms with Crippen molar-refractivity contribution in [3.63, 3.8) is 0 Å². The molecule has 1 heterocycles. The summed E-state index contributed by atoms with van der Waals surface area (Å²) in [6, 6.07) is 5.46. The van der Waals surface area contributed by atoms with Gasteiger partial charge >= 0.3 is 0 Å². The third kappa shape index (κ3) is 2.25. The van der Waals surface area contributed by atoms with E-state index < -0.39 is 0 Å². The van der Waals surface area contributed by atoms with E-state index in [0.717, 1.165) is 17.5 Å². The lowest BCUT2D eigenvalue weighted by molar-refractivity contribution is 0.538. The number of halogens is 1. The van der Waals surface area contributed by atoms with Crippen LogP contribution in [0.3, 0.4) is 0 Å². The van der Waals surface area contributed by atoms with Crippen LogP contribution in [0.25, 0.3) is 11.0 Å². The van der Waals surface area contributed by atoms with E-state index in [4.69, 9.17) is 4.42 Å². The predicted octanol–water partition coefficient (Wildman–Crippen LogP) is 3.11. The Balaban J connectivity index is 2.25. The van der Waals surface area contributed by atoms with Gasteiger partial charge in [-0.05, 0) is 37.6 Å². The summed E-state index contributed by atoms with van der Waals surface area (Å²) in [6.45, 7) is 5.01. The molecule has 0 saturated heterocycles. The van der Waals surface area contributed by atoms with Crippen LogP contribution < -0.4 is 5.32 Å². The molecule has 0 aliphatic carbocycles. The van der Waals surface area contributed by atoms with Gasteiger partial charge in [0.2, 0.25) is 0 Å². The summed E-state index contributed by atoms with van der Waals surface area (Å²) in [6.07, 6.45) is 2.28. The predicted molar refractivity (Wildman–Crippen MR) is 63.0 cm³/mol. The van der Waals surface area contributed by atoms with Crippen molar-refractivity contribution in [1.29, 1.82) is 0 Å². The van der Waals surface area contributed by atoms with Crippen LogP contribution in [0.2, 0.25) is 0 Å². The number of benzene rings is 1. The lowest BCUT2D eigenvalue weighted by Crippen LogP contribution is -2.27. The van der Waals surface area contributed by atoms with E-state index >= 15 is 0 Å². The number of nitrogens with one attached hydrogen (secondary N) is 1. The first-order valence-electron chi connectivity index (χ1n) is 5.59. The van der Waals surface area contributed by atoms with E-state index in [1.807, 2.05) is 19.1 Å². The maximum absolute atomic E-state index is 13.7. The van der Waals surface area contributed by atoms with Gasteiger partial charge in [0.05, 0.1) is 6.26 Å². The number of hydrogen-bond acceptors (Lipinski definition) is 2. The van der Waals surface area contributed by atoms with Gasteiger partial charge in [0.1, 0.15) is 11.4 Å². The summed E-state index contributed by atoms with van der Waals surface area (Å²) < 4.78 is 18.9. The topological polar surface area (TPSA) is 25.2 Å². The summed E-state index contributed by atoms with van der Waals surface area (Å²) in [5.74, 6) is -0.188. The summed E-state index contributed by atoms with van der Waals surface area (Å²) >= 11 is 0. The molecule has 1 unspecified atom stereocenters. The second kappa shape index (κ2) is 4.66. The number of likely N-dealkylation sites (N-methyl/N-ethyl adjacent to an activating group) is 1. The fraction of sp³-hybridized carbons (Fsp3) is 0.385. The highest BCUT2D eigenvalue weighted by atomic mass is 19.1. The first kappa shape index (κ1) is 11.1. The summed E-state index contributed by atoms with van der Waals surface area (Å²) in [5, 5.41) is 4.23. The normalized spacial score (nSPS) is 13.2. The Hall–Kier alpha value is -1.35. The fourth-order valence-corrected chi connectivity index (χ4v) is 1.94. The minimum Gasteiger partial charge on any atom is -0.464 e. The van der Waals surface area contributed by atoms with E-state index in [-0.39, 0.29) is 11.9 Å². The van der Waals surface area contributed by atoms with Crippen molar-refractivity contribution >= 4 is 11.0 Å². The molecular formula is C13H16FNO. The maximum Gasteiger partial charge on any atom is 0.136 e. The monoisotopic (exact) mass is 221 g/mol. The van der Waals surface area contributed by atoms with Crippen molar-refractivity contribution < 1.29 is 8.81 Å². The zero-order chi connectivity index (χ0) is 11.5. The van der Waals surface area contributed by atoms with Gasteiger partial charge in [0.25, 0.3) is 0 Å². The van der Waals surface area contributed by atoms with Crippen LogP contribution >= 0.6 is 0 Å². The molecule has 0 amide bonds. The average Bonchev–Trinajstić information content (AvgIpc) is 2.65.